The molecular formula is C25H20ClFN8O2. The molecule has 2 aromatic heterocycles. The van der Waals surface area contributed by atoms with Crippen molar-refractivity contribution in [3.05, 3.63) is 76.3 Å². The molecule has 0 radical (unpaired) electrons. The first kappa shape index (κ1) is 22.9. The number of aromatic nitrogens is 4. The van der Waals surface area contributed by atoms with Gasteiger partial charge in [0, 0.05) is 23.2 Å². The number of urea groups is 1. The van der Waals surface area contributed by atoms with Crippen LogP contribution in [0.15, 0.2) is 54.4 Å². The van der Waals surface area contributed by atoms with E-state index in [4.69, 9.17) is 11.6 Å². The SMILES string of the molecule is O=C1NC(=O)/C(=C\c2cnn3c(NC4CC4)nc(NCc4cc(F)ccc4-c4cccc(Cl)c4)nc23)N1. The molecule has 37 heavy (non-hydrogen) atoms. The molecule has 3 amide bonds. The number of halogens is 2. The fourth-order valence-corrected chi connectivity index (χ4v) is 4.23. The highest BCUT2D eigenvalue weighted by Gasteiger charge is 2.26. The summed E-state index contributed by atoms with van der Waals surface area (Å²) in [5.74, 6) is -0.129. The monoisotopic (exact) mass is 518 g/mol. The van der Waals surface area contributed by atoms with Crippen molar-refractivity contribution in [2.45, 2.75) is 25.4 Å². The van der Waals surface area contributed by atoms with Crippen LogP contribution in [0.1, 0.15) is 24.0 Å². The zero-order valence-corrected chi connectivity index (χ0v) is 20.0. The largest absolute Gasteiger partial charge is 0.351 e. The number of hydrogen-bond acceptors (Lipinski definition) is 7. The molecule has 0 unspecified atom stereocenters. The van der Waals surface area contributed by atoms with Gasteiger partial charge in [0.1, 0.15) is 11.5 Å². The molecular weight excluding hydrogens is 499 g/mol. The maximum absolute atomic E-state index is 14.2. The molecule has 1 saturated carbocycles. The second-order valence-corrected chi connectivity index (χ2v) is 9.19. The van der Waals surface area contributed by atoms with E-state index < -0.39 is 11.9 Å². The molecule has 4 aromatic rings. The third-order valence-corrected chi connectivity index (χ3v) is 6.20. The van der Waals surface area contributed by atoms with E-state index in [1.807, 2.05) is 18.2 Å². The summed E-state index contributed by atoms with van der Waals surface area (Å²) in [6, 6.07) is 11.6. The highest BCUT2D eigenvalue weighted by molar-refractivity contribution is 6.30. The molecule has 2 aromatic carbocycles. The van der Waals surface area contributed by atoms with Gasteiger partial charge in [-0.15, -0.1) is 0 Å². The van der Waals surface area contributed by atoms with E-state index in [-0.39, 0.29) is 30.0 Å². The zero-order valence-electron chi connectivity index (χ0n) is 19.3. The van der Waals surface area contributed by atoms with Gasteiger partial charge in [-0.1, -0.05) is 29.8 Å². The Morgan fingerprint density at radius 2 is 2.00 bits per heavy atom. The second kappa shape index (κ2) is 9.17. The van der Waals surface area contributed by atoms with Crippen LogP contribution in [-0.2, 0) is 11.3 Å². The summed E-state index contributed by atoms with van der Waals surface area (Å²) in [5.41, 5.74) is 3.42. The summed E-state index contributed by atoms with van der Waals surface area (Å²) in [5, 5.41) is 16.1. The smallest absolute Gasteiger partial charge is 0.326 e. The van der Waals surface area contributed by atoms with Crippen LogP contribution in [0.5, 0.6) is 0 Å². The van der Waals surface area contributed by atoms with Gasteiger partial charge in [0.2, 0.25) is 11.9 Å². The van der Waals surface area contributed by atoms with Crippen LogP contribution in [0, 0.1) is 5.82 Å². The topological polar surface area (TPSA) is 125 Å². The Morgan fingerprint density at radius 1 is 1.14 bits per heavy atom. The predicted molar refractivity (Wildman–Crippen MR) is 136 cm³/mol. The van der Waals surface area contributed by atoms with E-state index in [0.29, 0.717) is 27.7 Å². The van der Waals surface area contributed by atoms with Crippen molar-refractivity contribution >= 4 is 47.2 Å². The zero-order chi connectivity index (χ0) is 25.5. The van der Waals surface area contributed by atoms with Gasteiger partial charge < -0.3 is 16.0 Å². The fourth-order valence-electron chi connectivity index (χ4n) is 4.04. The van der Waals surface area contributed by atoms with E-state index in [0.717, 1.165) is 24.0 Å². The number of rotatable bonds is 7. The number of nitrogens with one attached hydrogen (secondary N) is 4. The predicted octanol–water partition coefficient (Wildman–Crippen LogP) is 3.95. The van der Waals surface area contributed by atoms with Gasteiger partial charge >= 0.3 is 6.03 Å². The first-order valence-corrected chi connectivity index (χ1v) is 12.0. The molecule has 2 fully saturated rings. The third kappa shape index (κ3) is 4.81. The van der Waals surface area contributed by atoms with E-state index in [1.165, 1.54) is 18.2 Å². The van der Waals surface area contributed by atoms with Crippen molar-refractivity contribution in [3.8, 4) is 11.1 Å². The average molecular weight is 519 g/mol. The number of carbonyl (C=O) groups is 2. The highest BCUT2D eigenvalue weighted by atomic mass is 35.5. The number of amides is 3. The summed E-state index contributed by atoms with van der Waals surface area (Å²) in [6.45, 7) is 0.238. The van der Waals surface area contributed by atoms with Crippen LogP contribution in [0.25, 0.3) is 22.9 Å². The van der Waals surface area contributed by atoms with Crippen molar-refractivity contribution in [3.63, 3.8) is 0 Å². The normalized spacial score (nSPS) is 16.2. The van der Waals surface area contributed by atoms with Crippen LogP contribution < -0.4 is 21.3 Å². The van der Waals surface area contributed by atoms with Gasteiger partial charge in [-0.25, -0.2) is 9.18 Å². The lowest BCUT2D eigenvalue weighted by molar-refractivity contribution is -0.115. The number of benzene rings is 2. The minimum absolute atomic E-state index is 0.0932. The highest BCUT2D eigenvalue weighted by Crippen LogP contribution is 2.29. The lowest BCUT2D eigenvalue weighted by atomic mass is 9.99. The summed E-state index contributed by atoms with van der Waals surface area (Å²) >= 11 is 6.17. The first-order chi connectivity index (χ1) is 17.9. The molecule has 1 aliphatic heterocycles. The van der Waals surface area contributed by atoms with Gasteiger partial charge in [-0.2, -0.15) is 19.6 Å². The maximum Gasteiger partial charge on any atom is 0.326 e. The minimum atomic E-state index is -0.591. The fraction of sp³-hybridized carbons (Fsp3) is 0.160. The van der Waals surface area contributed by atoms with Crippen LogP contribution in [-0.4, -0.2) is 37.6 Å². The number of anilines is 2. The Balaban J connectivity index is 1.35. The number of fused-ring (bicyclic) bond motifs is 1. The number of imide groups is 1. The number of carbonyl (C=O) groups excluding carboxylic acids is 2. The van der Waals surface area contributed by atoms with Gasteiger partial charge in [0.05, 0.1) is 6.20 Å². The molecule has 0 atom stereocenters. The molecule has 0 bridgehead atoms. The molecule has 1 saturated heterocycles. The van der Waals surface area contributed by atoms with Gasteiger partial charge in [-0.05, 0) is 59.9 Å². The van der Waals surface area contributed by atoms with Crippen molar-refractivity contribution in [2.24, 2.45) is 0 Å². The van der Waals surface area contributed by atoms with E-state index in [2.05, 4.69) is 36.3 Å². The Labute approximate surface area is 215 Å². The molecule has 12 heteroatoms. The second-order valence-electron chi connectivity index (χ2n) is 8.76. The number of nitrogens with zero attached hydrogens (tertiary/aromatic N) is 4. The number of hydrogen-bond donors (Lipinski definition) is 4. The molecule has 186 valence electrons. The van der Waals surface area contributed by atoms with Crippen molar-refractivity contribution in [2.75, 3.05) is 10.6 Å². The van der Waals surface area contributed by atoms with Gasteiger partial charge in [-0.3, -0.25) is 10.1 Å². The van der Waals surface area contributed by atoms with Crippen molar-refractivity contribution < 1.29 is 14.0 Å². The van der Waals surface area contributed by atoms with Crippen LogP contribution in [0.4, 0.5) is 21.1 Å². The lowest BCUT2D eigenvalue weighted by Gasteiger charge is -2.13. The van der Waals surface area contributed by atoms with E-state index >= 15 is 0 Å². The van der Waals surface area contributed by atoms with Crippen LogP contribution in [0.3, 0.4) is 0 Å². The van der Waals surface area contributed by atoms with Crippen molar-refractivity contribution in [1.29, 1.82) is 0 Å². The van der Waals surface area contributed by atoms with Crippen LogP contribution in [0.2, 0.25) is 5.02 Å². The average Bonchev–Trinajstić information content (AvgIpc) is 3.51. The molecule has 1 aliphatic carbocycles. The first-order valence-electron chi connectivity index (χ1n) is 11.6. The van der Waals surface area contributed by atoms with Crippen molar-refractivity contribution in [1.82, 2.24) is 30.2 Å². The Morgan fingerprint density at radius 3 is 2.76 bits per heavy atom. The Kier molecular flexibility index (Phi) is 5.68. The molecule has 3 heterocycles. The van der Waals surface area contributed by atoms with E-state index in [9.17, 15) is 14.0 Å². The quantitative estimate of drug-likeness (QED) is 0.215. The Hall–Kier alpha value is -4.51. The lowest BCUT2D eigenvalue weighted by Crippen LogP contribution is -2.22. The summed E-state index contributed by atoms with van der Waals surface area (Å²) in [6.07, 6.45) is 5.08. The molecule has 4 N–H and O–H groups in total. The standard InChI is InChI=1S/C25H20ClFN8O2/c26-16-3-1-2-13(8-16)19-7-4-17(27)9-14(19)11-28-23-32-21-15(10-20-22(36)33-25(37)31-20)12-29-35(21)24(34-23)30-18-5-6-18/h1-4,7-10,12,18H,5-6,11H2,(H2,28,30,32,34)(H2,31,33,36,37)/b20-10+. The van der Waals surface area contributed by atoms with E-state index in [1.54, 1.807) is 22.8 Å². The molecule has 2 aliphatic rings. The van der Waals surface area contributed by atoms with Gasteiger partial charge in [0.15, 0.2) is 5.65 Å². The summed E-state index contributed by atoms with van der Waals surface area (Å²) in [7, 11) is 0. The molecule has 6 rings (SSSR count). The molecule has 0 spiro atoms. The minimum Gasteiger partial charge on any atom is -0.351 e. The molecule has 10 nitrogen and oxygen atoms in total. The summed E-state index contributed by atoms with van der Waals surface area (Å²) < 4.78 is 15.7. The third-order valence-electron chi connectivity index (χ3n) is 5.97. The van der Waals surface area contributed by atoms with Gasteiger partial charge in [0.25, 0.3) is 5.91 Å². The summed E-state index contributed by atoms with van der Waals surface area (Å²) in [4.78, 5) is 32.7. The van der Waals surface area contributed by atoms with Crippen LogP contribution >= 0.6 is 11.6 Å². The maximum atomic E-state index is 14.2. The Bertz CT molecular complexity index is 1600.